The van der Waals surface area contributed by atoms with Gasteiger partial charge in [-0.05, 0) is 31.2 Å². The summed E-state index contributed by atoms with van der Waals surface area (Å²) in [5, 5.41) is 2.41. The Hall–Kier alpha value is -2.16. The van der Waals surface area contributed by atoms with Gasteiger partial charge in [0.05, 0.1) is 11.3 Å². The van der Waals surface area contributed by atoms with E-state index in [1.807, 2.05) is 13.8 Å². The number of halogens is 3. The van der Waals surface area contributed by atoms with Crippen LogP contribution in [-0.2, 0) is 17.4 Å². The molecular formula is C18H18F3N3O2S. The summed E-state index contributed by atoms with van der Waals surface area (Å²) >= 11 is 0.927. The zero-order valence-electron chi connectivity index (χ0n) is 14.8. The first-order valence-electron chi connectivity index (χ1n) is 8.82. The van der Waals surface area contributed by atoms with Crippen molar-refractivity contribution in [2.75, 3.05) is 11.9 Å². The first-order valence-corrected chi connectivity index (χ1v) is 9.64. The van der Waals surface area contributed by atoms with Crippen molar-refractivity contribution in [2.45, 2.75) is 45.3 Å². The summed E-state index contributed by atoms with van der Waals surface area (Å²) in [6, 6.07) is 0.424. The lowest BCUT2D eigenvalue weighted by atomic mass is 10.0. The van der Waals surface area contributed by atoms with Gasteiger partial charge in [-0.2, -0.15) is 13.2 Å². The van der Waals surface area contributed by atoms with Gasteiger partial charge in [0, 0.05) is 17.6 Å². The second-order valence-corrected chi connectivity index (χ2v) is 8.39. The fraction of sp³-hybridized carbons (Fsp3) is 0.500. The molecule has 4 rings (SSSR count). The third-order valence-corrected chi connectivity index (χ3v) is 5.97. The maximum Gasteiger partial charge on any atom is 0.417 e. The Bertz CT molecular complexity index is 951. The van der Waals surface area contributed by atoms with E-state index in [0.717, 1.165) is 17.4 Å². The maximum absolute atomic E-state index is 13.8. The topological polar surface area (TPSA) is 62.3 Å². The Labute approximate surface area is 157 Å². The average Bonchev–Trinajstić information content (AvgIpc) is 3.15. The van der Waals surface area contributed by atoms with Crippen LogP contribution in [0.1, 0.15) is 47.6 Å². The molecule has 0 saturated carbocycles. The van der Waals surface area contributed by atoms with Crippen LogP contribution in [0.15, 0.2) is 6.07 Å². The molecule has 1 fully saturated rings. The van der Waals surface area contributed by atoms with Crippen LogP contribution >= 0.6 is 11.3 Å². The first-order chi connectivity index (χ1) is 12.7. The van der Waals surface area contributed by atoms with Crippen LogP contribution < -0.4 is 5.32 Å². The van der Waals surface area contributed by atoms with Gasteiger partial charge in [0.15, 0.2) is 0 Å². The van der Waals surface area contributed by atoms with Crippen LogP contribution in [0.2, 0.25) is 0 Å². The van der Waals surface area contributed by atoms with Gasteiger partial charge in [-0.15, -0.1) is 11.3 Å². The third kappa shape index (κ3) is 2.97. The van der Waals surface area contributed by atoms with Crippen LogP contribution in [0, 0.1) is 5.92 Å². The molecule has 0 bridgehead atoms. The highest BCUT2D eigenvalue weighted by Crippen LogP contribution is 2.45. The van der Waals surface area contributed by atoms with Gasteiger partial charge in [0.1, 0.15) is 15.7 Å². The van der Waals surface area contributed by atoms with Gasteiger partial charge in [-0.3, -0.25) is 9.59 Å². The Morgan fingerprint density at radius 1 is 1.37 bits per heavy atom. The molecule has 5 nitrogen and oxygen atoms in total. The number of nitrogens with zero attached hydrogens (tertiary/aromatic N) is 2. The molecule has 1 saturated heterocycles. The first kappa shape index (κ1) is 18.2. The average molecular weight is 397 g/mol. The summed E-state index contributed by atoms with van der Waals surface area (Å²) in [6.07, 6.45) is -2.99. The van der Waals surface area contributed by atoms with Crippen molar-refractivity contribution in [3.63, 3.8) is 0 Å². The number of alkyl halides is 3. The van der Waals surface area contributed by atoms with Crippen LogP contribution in [0.25, 0.3) is 10.2 Å². The number of amides is 2. The molecule has 2 aliphatic rings. The highest BCUT2D eigenvalue weighted by atomic mass is 32.1. The van der Waals surface area contributed by atoms with Crippen LogP contribution in [0.4, 0.5) is 18.9 Å². The Kier molecular flexibility index (Phi) is 4.17. The SMILES string of the molecule is CC(C)Cc1cc(C(F)(F)F)c2c3c(sc2n1)C(=O)N1CCC[C@H]1C(=O)N3. The molecule has 0 aliphatic carbocycles. The number of carbonyl (C=O) groups excluding carboxylic acids is 2. The van der Waals surface area contributed by atoms with Crippen molar-refractivity contribution in [2.24, 2.45) is 5.92 Å². The molecule has 0 unspecified atom stereocenters. The van der Waals surface area contributed by atoms with E-state index in [1.54, 1.807) is 0 Å². The largest absolute Gasteiger partial charge is 0.417 e. The van der Waals surface area contributed by atoms with Gasteiger partial charge < -0.3 is 10.2 Å². The van der Waals surface area contributed by atoms with Crippen LogP contribution in [-0.4, -0.2) is 34.3 Å². The molecule has 4 heterocycles. The minimum atomic E-state index is -4.61. The number of anilines is 1. The fourth-order valence-corrected chi connectivity index (χ4v) is 4.91. The summed E-state index contributed by atoms with van der Waals surface area (Å²) in [7, 11) is 0. The standard InChI is InChI=1S/C18H18F3N3O2S/c1-8(2)6-9-7-10(18(19,20)21)12-13-14(27-16(12)22-9)17(26)24-5-3-4-11(24)15(25)23-13/h7-8,11H,3-6H2,1-2H3,(H,23,25)/t11-/m0/s1. The normalized spacial score (nSPS) is 20.1. The van der Waals surface area contributed by atoms with E-state index in [0.29, 0.717) is 31.5 Å². The van der Waals surface area contributed by atoms with Gasteiger partial charge in [-0.25, -0.2) is 4.98 Å². The molecular weight excluding hydrogens is 379 g/mol. The molecule has 0 spiro atoms. The lowest BCUT2D eigenvalue weighted by Gasteiger charge is -2.19. The van der Waals surface area contributed by atoms with Crippen LogP contribution in [0.3, 0.4) is 0 Å². The van der Waals surface area contributed by atoms with E-state index in [1.165, 1.54) is 4.90 Å². The zero-order valence-corrected chi connectivity index (χ0v) is 15.6. The van der Waals surface area contributed by atoms with E-state index in [-0.39, 0.29) is 26.7 Å². The number of pyridine rings is 1. The monoisotopic (exact) mass is 397 g/mol. The maximum atomic E-state index is 13.8. The highest BCUT2D eigenvalue weighted by molar-refractivity contribution is 7.21. The van der Waals surface area contributed by atoms with Crippen molar-refractivity contribution < 1.29 is 22.8 Å². The lowest BCUT2D eigenvalue weighted by Crippen LogP contribution is -2.40. The molecule has 9 heteroatoms. The summed E-state index contributed by atoms with van der Waals surface area (Å²) in [6.45, 7) is 4.24. The van der Waals surface area contributed by atoms with Crippen molar-refractivity contribution in [1.82, 2.24) is 9.88 Å². The van der Waals surface area contributed by atoms with Crippen molar-refractivity contribution >= 4 is 39.1 Å². The van der Waals surface area contributed by atoms with E-state index < -0.39 is 29.6 Å². The number of rotatable bonds is 2. The van der Waals surface area contributed by atoms with Crippen molar-refractivity contribution in [3.05, 3.63) is 22.2 Å². The van der Waals surface area contributed by atoms with Gasteiger partial charge in [0.25, 0.3) is 5.91 Å². The zero-order chi connectivity index (χ0) is 19.5. The Morgan fingerprint density at radius 2 is 2.11 bits per heavy atom. The van der Waals surface area contributed by atoms with Crippen LogP contribution in [0.5, 0.6) is 0 Å². The Balaban J connectivity index is 1.96. The number of hydrogen-bond donors (Lipinski definition) is 1. The number of aromatic nitrogens is 1. The summed E-state index contributed by atoms with van der Waals surface area (Å²) < 4.78 is 41.3. The summed E-state index contributed by atoms with van der Waals surface area (Å²) in [5.74, 6) is -0.688. The minimum Gasteiger partial charge on any atom is -0.326 e. The summed E-state index contributed by atoms with van der Waals surface area (Å²) in [5.41, 5.74) is -0.565. The molecule has 2 aromatic rings. The molecule has 2 aliphatic heterocycles. The van der Waals surface area contributed by atoms with E-state index >= 15 is 0 Å². The number of thiophene rings is 1. The number of nitrogens with one attached hydrogen (secondary N) is 1. The molecule has 0 aromatic carbocycles. The minimum absolute atomic E-state index is 0.0460. The molecule has 0 radical (unpaired) electrons. The predicted molar refractivity (Wildman–Crippen MR) is 95.9 cm³/mol. The number of hydrogen-bond acceptors (Lipinski definition) is 4. The molecule has 1 N–H and O–H groups in total. The fourth-order valence-electron chi connectivity index (χ4n) is 3.78. The molecule has 2 aromatic heterocycles. The van der Waals surface area contributed by atoms with Gasteiger partial charge >= 0.3 is 6.18 Å². The summed E-state index contributed by atoms with van der Waals surface area (Å²) in [4.78, 5) is 31.5. The quantitative estimate of drug-likeness (QED) is 0.831. The molecule has 2 amide bonds. The lowest BCUT2D eigenvalue weighted by molar-refractivity contribution is -0.136. The highest BCUT2D eigenvalue weighted by Gasteiger charge is 2.42. The van der Waals surface area contributed by atoms with Crippen molar-refractivity contribution in [1.29, 1.82) is 0 Å². The van der Waals surface area contributed by atoms with Gasteiger partial charge in [0.2, 0.25) is 5.91 Å². The molecule has 1 atom stereocenters. The van der Waals surface area contributed by atoms with E-state index in [4.69, 9.17) is 0 Å². The van der Waals surface area contributed by atoms with Crippen molar-refractivity contribution in [3.8, 4) is 0 Å². The smallest absolute Gasteiger partial charge is 0.326 e. The van der Waals surface area contributed by atoms with Gasteiger partial charge in [-0.1, -0.05) is 13.8 Å². The third-order valence-electron chi connectivity index (χ3n) is 4.90. The number of fused-ring (bicyclic) bond motifs is 4. The Morgan fingerprint density at radius 3 is 2.78 bits per heavy atom. The molecule has 144 valence electrons. The number of carbonyl (C=O) groups is 2. The second kappa shape index (κ2) is 6.19. The predicted octanol–water partition coefficient (Wildman–Crippen LogP) is 4.07. The van der Waals surface area contributed by atoms with E-state index in [9.17, 15) is 22.8 Å². The molecule has 27 heavy (non-hydrogen) atoms. The van der Waals surface area contributed by atoms with E-state index in [2.05, 4.69) is 10.3 Å². The second-order valence-electron chi connectivity index (χ2n) is 7.39.